The van der Waals surface area contributed by atoms with Crippen LogP contribution >= 0.6 is 11.3 Å². The number of hydrogen-bond donors (Lipinski definition) is 0. The molecule has 1 atom stereocenters. The van der Waals surface area contributed by atoms with Gasteiger partial charge in [-0.25, -0.2) is 4.98 Å². The summed E-state index contributed by atoms with van der Waals surface area (Å²) in [5.41, 5.74) is 0.811. The first-order valence-electron chi connectivity index (χ1n) is 10.5. The van der Waals surface area contributed by atoms with Gasteiger partial charge in [0.25, 0.3) is 5.91 Å². The Morgan fingerprint density at radius 2 is 1.94 bits per heavy atom. The average molecular weight is 442 g/mol. The monoisotopic (exact) mass is 441 g/mol. The van der Waals surface area contributed by atoms with Crippen LogP contribution in [-0.4, -0.2) is 61.8 Å². The molecule has 0 fully saturated rings. The Morgan fingerprint density at radius 1 is 1.16 bits per heavy atom. The Labute approximate surface area is 186 Å². The quantitative estimate of drug-likeness (QED) is 0.530. The molecule has 2 heterocycles. The van der Waals surface area contributed by atoms with Crippen LogP contribution in [0.1, 0.15) is 13.8 Å². The molecule has 1 aromatic heterocycles. The molecule has 3 aromatic rings. The zero-order chi connectivity index (χ0) is 21.8. The fourth-order valence-corrected chi connectivity index (χ4v) is 4.51. The maximum atomic E-state index is 13.5. The number of hydrogen-bond acceptors (Lipinski definition) is 7. The topological polar surface area (TPSA) is 64.1 Å². The molecule has 1 unspecified atom stereocenters. The molecular weight excluding hydrogens is 414 g/mol. The van der Waals surface area contributed by atoms with Crippen molar-refractivity contribution in [2.24, 2.45) is 0 Å². The number of anilines is 1. The van der Waals surface area contributed by atoms with Gasteiger partial charge in [-0.3, -0.25) is 9.69 Å². The van der Waals surface area contributed by atoms with Crippen LogP contribution in [0.3, 0.4) is 0 Å². The first-order chi connectivity index (χ1) is 15.1. The van der Waals surface area contributed by atoms with Gasteiger partial charge in [0.05, 0.1) is 17.3 Å². The van der Waals surface area contributed by atoms with E-state index in [9.17, 15) is 4.79 Å². The Kier molecular flexibility index (Phi) is 6.58. The molecule has 0 spiro atoms. The van der Waals surface area contributed by atoms with E-state index in [0.29, 0.717) is 23.2 Å². The Hall–Kier alpha value is -2.84. The molecule has 2 aromatic carbocycles. The highest BCUT2D eigenvalue weighted by molar-refractivity contribution is 7.22. The van der Waals surface area contributed by atoms with E-state index in [-0.39, 0.29) is 12.5 Å². The van der Waals surface area contributed by atoms with Crippen molar-refractivity contribution in [1.29, 1.82) is 0 Å². The van der Waals surface area contributed by atoms with Crippen LogP contribution < -0.4 is 19.1 Å². The fraction of sp³-hybridized carbons (Fsp3) is 0.391. The Bertz CT molecular complexity index is 1050. The van der Waals surface area contributed by atoms with Crippen molar-refractivity contribution in [3.8, 4) is 17.2 Å². The maximum Gasteiger partial charge on any atom is 0.273 e. The summed E-state index contributed by atoms with van der Waals surface area (Å²) in [5, 5.41) is 0.655. The number of amides is 1. The summed E-state index contributed by atoms with van der Waals surface area (Å²) in [6.07, 6.45) is -0.715. The van der Waals surface area contributed by atoms with E-state index in [4.69, 9.17) is 19.2 Å². The van der Waals surface area contributed by atoms with Gasteiger partial charge in [-0.2, -0.15) is 0 Å². The molecule has 0 N–H and O–H groups in total. The van der Waals surface area contributed by atoms with Crippen molar-refractivity contribution >= 4 is 32.6 Å². The van der Waals surface area contributed by atoms with E-state index in [1.165, 1.54) is 11.3 Å². The van der Waals surface area contributed by atoms with E-state index >= 15 is 0 Å². The van der Waals surface area contributed by atoms with Crippen molar-refractivity contribution in [2.45, 2.75) is 20.0 Å². The van der Waals surface area contributed by atoms with Gasteiger partial charge in [0.2, 0.25) is 6.10 Å². The van der Waals surface area contributed by atoms with E-state index in [0.717, 1.165) is 35.6 Å². The molecule has 0 saturated heterocycles. The van der Waals surface area contributed by atoms with E-state index in [1.54, 1.807) is 12.0 Å². The molecule has 7 nitrogen and oxygen atoms in total. The van der Waals surface area contributed by atoms with Crippen LogP contribution in [0.5, 0.6) is 17.2 Å². The van der Waals surface area contributed by atoms with Crippen molar-refractivity contribution in [2.75, 3.05) is 44.8 Å². The summed E-state index contributed by atoms with van der Waals surface area (Å²) in [7, 11) is 1.63. The van der Waals surface area contributed by atoms with E-state index in [2.05, 4.69) is 18.7 Å². The first kappa shape index (κ1) is 21.4. The van der Waals surface area contributed by atoms with Crippen molar-refractivity contribution in [1.82, 2.24) is 9.88 Å². The number of fused-ring (bicyclic) bond motifs is 2. The van der Waals surface area contributed by atoms with Crippen LogP contribution in [0.15, 0.2) is 42.5 Å². The van der Waals surface area contributed by atoms with E-state index in [1.807, 2.05) is 42.5 Å². The van der Waals surface area contributed by atoms with E-state index < -0.39 is 6.10 Å². The standard InChI is InChI=1S/C23H27N3O4S/c1-4-25(5-2)12-13-26(23-24-17-14-16(28-3)10-11-21(17)31-23)22(27)20-15-29-18-8-6-7-9-19(18)30-20/h6-11,14,20H,4-5,12-13,15H2,1-3H3. The second kappa shape index (κ2) is 9.53. The molecule has 0 aliphatic carbocycles. The van der Waals surface area contributed by atoms with Crippen LogP contribution in [0.4, 0.5) is 5.13 Å². The van der Waals surface area contributed by atoms with Gasteiger partial charge < -0.3 is 19.1 Å². The third kappa shape index (κ3) is 4.60. The third-order valence-electron chi connectivity index (χ3n) is 5.40. The summed E-state index contributed by atoms with van der Waals surface area (Å²) in [6.45, 7) is 7.54. The molecule has 164 valence electrons. The number of carbonyl (C=O) groups excluding carboxylic acids is 1. The second-order valence-corrected chi connectivity index (χ2v) is 8.22. The van der Waals surface area contributed by atoms with Gasteiger partial charge in [0.15, 0.2) is 16.6 Å². The number of para-hydroxylation sites is 2. The van der Waals surface area contributed by atoms with Crippen molar-refractivity contribution < 1.29 is 19.0 Å². The Balaban J connectivity index is 1.61. The molecule has 1 aliphatic heterocycles. The maximum absolute atomic E-state index is 13.5. The molecule has 1 aliphatic rings. The number of likely N-dealkylation sites (N-methyl/N-ethyl adjacent to an activating group) is 1. The average Bonchev–Trinajstić information content (AvgIpc) is 3.24. The number of thiazole rings is 1. The molecule has 0 saturated carbocycles. The lowest BCUT2D eigenvalue weighted by Gasteiger charge is -2.30. The highest BCUT2D eigenvalue weighted by Gasteiger charge is 2.33. The normalized spacial score (nSPS) is 15.3. The summed E-state index contributed by atoms with van der Waals surface area (Å²) in [4.78, 5) is 22.3. The van der Waals surface area contributed by atoms with Gasteiger partial charge >= 0.3 is 0 Å². The van der Waals surface area contributed by atoms with Crippen molar-refractivity contribution in [3.63, 3.8) is 0 Å². The Morgan fingerprint density at radius 3 is 2.68 bits per heavy atom. The van der Waals surface area contributed by atoms with Crippen molar-refractivity contribution in [3.05, 3.63) is 42.5 Å². The minimum Gasteiger partial charge on any atom is -0.497 e. The molecule has 4 rings (SSSR count). The summed E-state index contributed by atoms with van der Waals surface area (Å²) < 4.78 is 18.1. The largest absolute Gasteiger partial charge is 0.497 e. The van der Waals surface area contributed by atoms with Gasteiger partial charge in [-0.1, -0.05) is 37.3 Å². The minimum atomic E-state index is -0.715. The molecular formula is C23H27N3O4S. The van der Waals surface area contributed by atoms with Gasteiger partial charge in [-0.05, 0) is 37.4 Å². The zero-order valence-electron chi connectivity index (χ0n) is 18.0. The molecule has 8 heteroatoms. The summed E-state index contributed by atoms with van der Waals surface area (Å²) >= 11 is 1.49. The number of rotatable bonds is 8. The predicted octanol–water partition coefficient (Wildman–Crippen LogP) is 3.82. The molecule has 1 amide bonds. The lowest BCUT2D eigenvalue weighted by atomic mass is 10.2. The molecule has 31 heavy (non-hydrogen) atoms. The number of methoxy groups -OCH3 is 1. The van der Waals surface area contributed by atoms with Crippen LogP contribution in [0, 0.1) is 0 Å². The highest BCUT2D eigenvalue weighted by Crippen LogP contribution is 2.34. The number of carbonyl (C=O) groups is 1. The lowest BCUT2D eigenvalue weighted by molar-refractivity contribution is -0.127. The zero-order valence-corrected chi connectivity index (χ0v) is 18.9. The number of nitrogens with zero attached hydrogens (tertiary/aromatic N) is 3. The predicted molar refractivity (Wildman–Crippen MR) is 123 cm³/mol. The smallest absolute Gasteiger partial charge is 0.273 e. The van der Waals surface area contributed by atoms with Crippen LogP contribution in [-0.2, 0) is 4.79 Å². The summed E-state index contributed by atoms with van der Waals surface area (Å²) in [6, 6.07) is 13.2. The highest BCUT2D eigenvalue weighted by atomic mass is 32.1. The minimum absolute atomic E-state index is 0.146. The van der Waals surface area contributed by atoms with Gasteiger partial charge in [-0.15, -0.1) is 0 Å². The second-order valence-electron chi connectivity index (χ2n) is 7.21. The number of ether oxygens (including phenoxy) is 3. The first-order valence-corrected chi connectivity index (χ1v) is 11.3. The summed E-state index contributed by atoms with van der Waals surface area (Å²) in [5.74, 6) is 1.84. The lowest BCUT2D eigenvalue weighted by Crippen LogP contribution is -2.48. The fourth-order valence-electron chi connectivity index (χ4n) is 3.53. The van der Waals surface area contributed by atoms with Gasteiger partial charge in [0.1, 0.15) is 12.4 Å². The third-order valence-corrected chi connectivity index (χ3v) is 6.46. The molecule has 0 radical (unpaired) electrons. The number of aromatic nitrogens is 1. The molecule has 0 bridgehead atoms. The van der Waals surface area contributed by atoms with Crippen LogP contribution in [0.25, 0.3) is 10.2 Å². The van der Waals surface area contributed by atoms with Gasteiger partial charge in [0, 0.05) is 19.2 Å². The number of benzene rings is 2. The van der Waals surface area contributed by atoms with Crippen LogP contribution in [0.2, 0.25) is 0 Å². The SMILES string of the molecule is CCN(CC)CCN(C(=O)C1COc2ccccc2O1)c1nc2cc(OC)ccc2s1.